The molecule has 2 aromatic rings. The molecule has 3 rings (SSSR count). The third kappa shape index (κ3) is 4.84. The predicted octanol–water partition coefficient (Wildman–Crippen LogP) is 6.14. The summed E-state index contributed by atoms with van der Waals surface area (Å²) in [6.07, 6.45) is 4.67. The molecule has 2 aromatic carbocycles. The van der Waals surface area contributed by atoms with Crippen LogP contribution in [0.4, 0.5) is 0 Å². The Morgan fingerprint density at radius 2 is 1.52 bits per heavy atom. The van der Waals surface area contributed by atoms with Crippen molar-refractivity contribution in [1.29, 1.82) is 0 Å². The third-order valence-electron chi connectivity index (χ3n) is 7.22. The summed E-state index contributed by atoms with van der Waals surface area (Å²) >= 11 is 0. The van der Waals surface area contributed by atoms with Crippen molar-refractivity contribution in [3.05, 3.63) is 88.5 Å². The quantitative estimate of drug-likeness (QED) is 0.543. The van der Waals surface area contributed by atoms with Crippen LogP contribution in [0.5, 0.6) is 0 Å². The molecule has 3 nitrogen and oxygen atoms in total. The summed E-state index contributed by atoms with van der Waals surface area (Å²) < 4.78 is 0. The van der Waals surface area contributed by atoms with Gasteiger partial charge in [0.2, 0.25) is 5.91 Å². The molecule has 0 aromatic heterocycles. The average molecular weight is 445 g/mol. The second kappa shape index (κ2) is 8.61. The van der Waals surface area contributed by atoms with Gasteiger partial charge in [-0.3, -0.25) is 4.79 Å². The number of carbonyl (C=O) groups excluding carboxylic acids is 1. The molecule has 0 atom stereocenters. The molecule has 0 bridgehead atoms. The molecule has 0 fully saturated rings. The lowest BCUT2D eigenvalue weighted by atomic mass is 9.67. The first-order chi connectivity index (χ1) is 15.2. The van der Waals surface area contributed by atoms with Gasteiger partial charge >= 0.3 is 0 Å². The number of likely N-dealkylation sites (N-methyl/N-ethyl adjacent to an activating group) is 2. The first-order valence-electron chi connectivity index (χ1n) is 11.8. The van der Waals surface area contributed by atoms with E-state index < -0.39 is 5.54 Å². The van der Waals surface area contributed by atoms with Gasteiger partial charge in [0.05, 0.1) is 5.54 Å². The Balaban J connectivity index is 1.86. The first-order valence-corrected chi connectivity index (χ1v) is 11.8. The summed E-state index contributed by atoms with van der Waals surface area (Å²) in [5.74, 6) is 0.0720. The maximum Gasteiger partial charge on any atom is 0.242 e. The van der Waals surface area contributed by atoms with E-state index in [0.717, 1.165) is 16.7 Å². The molecular weight excluding hydrogens is 404 g/mol. The van der Waals surface area contributed by atoms with Gasteiger partial charge in [0.1, 0.15) is 0 Å². The van der Waals surface area contributed by atoms with E-state index in [-0.39, 0.29) is 16.7 Å². The normalized spacial score (nSPS) is 16.3. The minimum absolute atomic E-state index is 0.00428. The van der Waals surface area contributed by atoms with E-state index in [1.807, 2.05) is 27.9 Å². The van der Waals surface area contributed by atoms with Gasteiger partial charge in [-0.25, -0.2) is 0 Å². The van der Waals surface area contributed by atoms with Gasteiger partial charge in [-0.1, -0.05) is 76.8 Å². The molecule has 3 heteroatoms. The fourth-order valence-electron chi connectivity index (χ4n) is 4.59. The van der Waals surface area contributed by atoms with Crippen LogP contribution in [0.2, 0.25) is 0 Å². The van der Waals surface area contributed by atoms with Gasteiger partial charge < -0.3 is 10.2 Å². The van der Waals surface area contributed by atoms with Crippen LogP contribution in [-0.4, -0.2) is 30.4 Å². The third-order valence-corrected chi connectivity index (χ3v) is 7.22. The van der Waals surface area contributed by atoms with Crippen LogP contribution in [0, 0.1) is 6.92 Å². The molecule has 1 amide bonds. The average Bonchev–Trinajstić information content (AvgIpc) is 2.76. The minimum atomic E-state index is -0.579. The van der Waals surface area contributed by atoms with Crippen molar-refractivity contribution >= 4 is 11.5 Å². The van der Waals surface area contributed by atoms with Crippen molar-refractivity contribution in [2.45, 2.75) is 71.4 Å². The maximum absolute atomic E-state index is 12.7. The largest absolute Gasteiger partial charge is 0.340 e. The van der Waals surface area contributed by atoms with Gasteiger partial charge in [0, 0.05) is 24.4 Å². The van der Waals surface area contributed by atoms with Crippen molar-refractivity contribution in [2.24, 2.45) is 0 Å². The number of nitrogens with zero attached hydrogens (tertiary/aromatic N) is 1. The zero-order valence-electron chi connectivity index (χ0n) is 21.9. The smallest absolute Gasteiger partial charge is 0.242 e. The van der Waals surface area contributed by atoms with Crippen LogP contribution >= 0.6 is 0 Å². The highest BCUT2D eigenvalue weighted by Gasteiger charge is 2.33. The van der Waals surface area contributed by atoms with E-state index in [2.05, 4.69) is 95.1 Å². The van der Waals surface area contributed by atoms with E-state index in [1.165, 1.54) is 22.3 Å². The highest BCUT2D eigenvalue weighted by Crippen LogP contribution is 2.43. The Bertz CT molecular complexity index is 1100. The number of allylic oxidation sites excluding steroid dienone is 2. The van der Waals surface area contributed by atoms with Crippen LogP contribution in [0.25, 0.3) is 5.57 Å². The van der Waals surface area contributed by atoms with E-state index in [9.17, 15) is 4.79 Å². The second-order valence-corrected chi connectivity index (χ2v) is 11.2. The molecule has 0 aliphatic heterocycles. The topological polar surface area (TPSA) is 32.3 Å². The monoisotopic (exact) mass is 444 g/mol. The number of benzene rings is 2. The molecular formula is C30H40N2O. The van der Waals surface area contributed by atoms with E-state index in [1.54, 1.807) is 4.90 Å². The molecule has 0 heterocycles. The Morgan fingerprint density at radius 3 is 2.03 bits per heavy atom. The minimum Gasteiger partial charge on any atom is -0.340 e. The van der Waals surface area contributed by atoms with Crippen LogP contribution in [0.1, 0.15) is 74.9 Å². The van der Waals surface area contributed by atoms with Gasteiger partial charge in [-0.2, -0.15) is 0 Å². The first kappa shape index (κ1) is 25.0. The SMILES string of the molecule is C=C(c1ccc(CN(C)C(=O)C(C)(C)NC)cc1)c1cc2c(cc1C)C(C)(C)C=CC2(C)C. The Morgan fingerprint density at radius 1 is 1.00 bits per heavy atom. The molecule has 0 unspecified atom stereocenters. The van der Waals surface area contributed by atoms with Crippen LogP contribution < -0.4 is 5.32 Å². The number of rotatable bonds is 6. The fourth-order valence-corrected chi connectivity index (χ4v) is 4.59. The molecule has 0 radical (unpaired) electrons. The molecule has 176 valence electrons. The molecule has 33 heavy (non-hydrogen) atoms. The maximum atomic E-state index is 12.7. The lowest BCUT2D eigenvalue weighted by Crippen LogP contribution is -2.51. The highest BCUT2D eigenvalue weighted by molar-refractivity contribution is 5.85. The summed E-state index contributed by atoms with van der Waals surface area (Å²) in [4.78, 5) is 14.4. The predicted molar refractivity (Wildman–Crippen MR) is 141 cm³/mol. The Labute approximate surface area is 200 Å². The Kier molecular flexibility index (Phi) is 6.52. The molecule has 0 saturated heterocycles. The molecule has 0 spiro atoms. The summed E-state index contributed by atoms with van der Waals surface area (Å²) in [7, 11) is 3.66. The summed E-state index contributed by atoms with van der Waals surface area (Å²) in [5, 5.41) is 3.08. The second-order valence-electron chi connectivity index (χ2n) is 11.2. The van der Waals surface area contributed by atoms with Gasteiger partial charge in [-0.05, 0) is 72.8 Å². The van der Waals surface area contributed by atoms with Crippen molar-refractivity contribution in [1.82, 2.24) is 10.2 Å². The number of aryl methyl sites for hydroxylation is 1. The van der Waals surface area contributed by atoms with Gasteiger partial charge in [0.15, 0.2) is 0 Å². The number of hydrogen-bond donors (Lipinski definition) is 1. The molecule has 1 aliphatic rings. The van der Waals surface area contributed by atoms with E-state index in [0.29, 0.717) is 6.54 Å². The molecule has 1 N–H and O–H groups in total. The Hall–Kier alpha value is -2.65. The highest BCUT2D eigenvalue weighted by atomic mass is 16.2. The van der Waals surface area contributed by atoms with Gasteiger partial charge in [-0.15, -0.1) is 0 Å². The van der Waals surface area contributed by atoms with Crippen molar-refractivity contribution in [2.75, 3.05) is 14.1 Å². The summed E-state index contributed by atoms with van der Waals surface area (Å²) in [6, 6.07) is 13.1. The number of carbonyl (C=O) groups is 1. The van der Waals surface area contributed by atoms with E-state index >= 15 is 0 Å². The van der Waals surface area contributed by atoms with Crippen LogP contribution in [0.3, 0.4) is 0 Å². The van der Waals surface area contributed by atoms with Crippen molar-refractivity contribution in [3.8, 4) is 0 Å². The zero-order chi connectivity index (χ0) is 24.8. The number of hydrogen-bond acceptors (Lipinski definition) is 2. The fraction of sp³-hybridized carbons (Fsp3) is 0.433. The van der Waals surface area contributed by atoms with Crippen LogP contribution in [0.15, 0.2) is 55.1 Å². The lowest BCUT2D eigenvalue weighted by molar-refractivity contribution is -0.136. The van der Waals surface area contributed by atoms with Crippen LogP contribution in [-0.2, 0) is 22.2 Å². The summed E-state index contributed by atoms with van der Waals surface area (Å²) in [5.41, 5.74) is 7.91. The van der Waals surface area contributed by atoms with Gasteiger partial charge in [0.25, 0.3) is 0 Å². The molecule has 1 aliphatic carbocycles. The zero-order valence-corrected chi connectivity index (χ0v) is 21.9. The van der Waals surface area contributed by atoms with Crippen molar-refractivity contribution in [3.63, 3.8) is 0 Å². The lowest BCUT2D eigenvalue weighted by Gasteiger charge is -2.37. The number of fused-ring (bicyclic) bond motifs is 1. The molecule has 0 saturated carbocycles. The summed E-state index contributed by atoms with van der Waals surface area (Å²) in [6.45, 7) is 20.1. The standard InChI is InChI=1S/C30H40N2O/c1-20-17-25-26(29(5,6)16-15-28(25,3)4)18-24(20)21(2)23-13-11-22(12-14-23)19-32(10)27(33)30(7,8)31-9/h11-18,31H,2,19H2,1,3-10H3. The number of nitrogens with one attached hydrogen (secondary N) is 1. The van der Waals surface area contributed by atoms with E-state index in [4.69, 9.17) is 0 Å². The number of amides is 1. The van der Waals surface area contributed by atoms with Crippen molar-refractivity contribution < 1.29 is 4.79 Å².